The number of β-amino-alcohol motifs (C(OH)–C–C–N with tert-alkyl or cyclic N) is 1. The van der Waals surface area contributed by atoms with Crippen molar-refractivity contribution in [3.63, 3.8) is 0 Å². The molecule has 7 heteroatoms. The number of hydrogen-bond acceptors (Lipinski definition) is 6. The van der Waals surface area contributed by atoms with Crippen molar-refractivity contribution in [2.45, 2.75) is 19.4 Å². The largest absolute Gasteiger partial charge is 0.490 e. The Labute approximate surface area is 146 Å². The van der Waals surface area contributed by atoms with Crippen LogP contribution in [0.2, 0.25) is 0 Å². The van der Waals surface area contributed by atoms with E-state index in [1.165, 1.54) is 12.1 Å². The fourth-order valence-corrected chi connectivity index (χ4v) is 2.80. The second-order valence-electron chi connectivity index (χ2n) is 6.40. The molecule has 2 aromatic rings. The van der Waals surface area contributed by atoms with Crippen LogP contribution in [0.4, 0.5) is 10.3 Å². The first-order valence-corrected chi connectivity index (χ1v) is 8.19. The van der Waals surface area contributed by atoms with Gasteiger partial charge in [-0.3, -0.25) is 0 Å². The van der Waals surface area contributed by atoms with Crippen molar-refractivity contribution in [3.05, 3.63) is 47.5 Å². The molecule has 1 atom stereocenters. The Morgan fingerprint density at radius 1 is 1.28 bits per heavy atom. The summed E-state index contributed by atoms with van der Waals surface area (Å²) in [6.45, 7) is 5.23. The number of hydrogen-bond donors (Lipinski definition) is 1. The van der Waals surface area contributed by atoms with Gasteiger partial charge < -0.3 is 19.5 Å². The average molecular weight is 347 g/mol. The molecule has 0 spiro atoms. The smallest absolute Gasteiger partial charge is 0.225 e. The molecule has 6 nitrogen and oxygen atoms in total. The highest BCUT2D eigenvalue weighted by atomic mass is 19.1. The van der Waals surface area contributed by atoms with Crippen LogP contribution in [-0.2, 0) is 4.74 Å². The van der Waals surface area contributed by atoms with E-state index in [1.807, 2.05) is 24.8 Å². The van der Waals surface area contributed by atoms with E-state index in [9.17, 15) is 9.50 Å². The first-order chi connectivity index (χ1) is 11.9. The molecule has 1 aromatic heterocycles. The lowest BCUT2D eigenvalue weighted by atomic mass is 10.1. The molecule has 1 aromatic carbocycles. The lowest BCUT2D eigenvalue weighted by Crippen LogP contribution is -2.49. The van der Waals surface area contributed by atoms with Gasteiger partial charge in [-0.15, -0.1) is 0 Å². The predicted octanol–water partition coefficient (Wildman–Crippen LogP) is 1.88. The number of aromatic nitrogens is 2. The van der Waals surface area contributed by atoms with Crippen molar-refractivity contribution < 1.29 is 19.0 Å². The van der Waals surface area contributed by atoms with Gasteiger partial charge in [0.05, 0.1) is 19.8 Å². The number of anilines is 1. The predicted molar refractivity (Wildman–Crippen MR) is 91.4 cm³/mol. The highest BCUT2D eigenvalue weighted by Crippen LogP contribution is 2.20. The van der Waals surface area contributed by atoms with E-state index < -0.39 is 5.60 Å². The molecule has 1 unspecified atom stereocenters. The molecule has 0 bridgehead atoms. The zero-order valence-corrected chi connectivity index (χ0v) is 14.4. The maximum Gasteiger partial charge on any atom is 0.225 e. The number of aliphatic hydroxyl groups is 1. The molecule has 1 aliphatic heterocycles. The lowest BCUT2D eigenvalue weighted by molar-refractivity contribution is -0.0537. The highest BCUT2D eigenvalue weighted by molar-refractivity contribution is 5.33. The first kappa shape index (κ1) is 17.6. The minimum absolute atomic E-state index is 0.0161. The van der Waals surface area contributed by atoms with E-state index in [0.717, 1.165) is 11.4 Å². The van der Waals surface area contributed by atoms with Gasteiger partial charge in [-0.05, 0) is 32.0 Å². The van der Waals surface area contributed by atoms with E-state index in [-0.39, 0.29) is 25.6 Å². The Kier molecular flexibility index (Phi) is 5.15. The highest BCUT2D eigenvalue weighted by Gasteiger charge is 2.34. The van der Waals surface area contributed by atoms with Crippen molar-refractivity contribution in [1.29, 1.82) is 0 Å². The first-order valence-electron chi connectivity index (χ1n) is 8.19. The van der Waals surface area contributed by atoms with Gasteiger partial charge in [0, 0.05) is 24.0 Å². The Bertz CT molecular complexity index is 723. The summed E-state index contributed by atoms with van der Waals surface area (Å²) in [5, 5.41) is 10.9. The van der Waals surface area contributed by atoms with Crippen molar-refractivity contribution >= 4 is 5.95 Å². The number of benzene rings is 1. The van der Waals surface area contributed by atoms with Gasteiger partial charge in [0.2, 0.25) is 5.95 Å². The molecule has 3 rings (SSSR count). The van der Waals surface area contributed by atoms with Crippen LogP contribution in [0.1, 0.15) is 11.4 Å². The normalized spacial score (nSPS) is 21.0. The van der Waals surface area contributed by atoms with Gasteiger partial charge >= 0.3 is 0 Å². The van der Waals surface area contributed by atoms with Crippen LogP contribution in [0.5, 0.6) is 5.75 Å². The molecular formula is C18H22FN3O3. The van der Waals surface area contributed by atoms with Crippen molar-refractivity contribution in [3.8, 4) is 5.75 Å². The van der Waals surface area contributed by atoms with E-state index in [0.29, 0.717) is 24.8 Å². The summed E-state index contributed by atoms with van der Waals surface area (Å²) in [6.07, 6.45) is 0. The van der Waals surface area contributed by atoms with Gasteiger partial charge in [0.1, 0.15) is 23.8 Å². The van der Waals surface area contributed by atoms with Gasteiger partial charge in [-0.25, -0.2) is 14.4 Å². The number of aryl methyl sites for hydroxylation is 2. The quantitative estimate of drug-likeness (QED) is 0.911. The van der Waals surface area contributed by atoms with Crippen LogP contribution in [0.3, 0.4) is 0 Å². The third-order valence-corrected chi connectivity index (χ3v) is 3.92. The third kappa shape index (κ3) is 4.64. The third-order valence-electron chi connectivity index (χ3n) is 3.92. The summed E-state index contributed by atoms with van der Waals surface area (Å²) in [7, 11) is 0. The van der Waals surface area contributed by atoms with Gasteiger partial charge in [-0.2, -0.15) is 0 Å². The summed E-state index contributed by atoms with van der Waals surface area (Å²) >= 11 is 0. The van der Waals surface area contributed by atoms with Crippen molar-refractivity contribution in [2.75, 3.05) is 37.8 Å². The van der Waals surface area contributed by atoms with Gasteiger partial charge in [0.25, 0.3) is 0 Å². The number of rotatable bonds is 4. The number of nitrogens with zero attached hydrogens (tertiary/aromatic N) is 3. The zero-order chi connectivity index (χ0) is 17.9. The second-order valence-corrected chi connectivity index (χ2v) is 6.40. The molecule has 0 amide bonds. The van der Waals surface area contributed by atoms with E-state index >= 15 is 0 Å². The van der Waals surface area contributed by atoms with Crippen molar-refractivity contribution in [1.82, 2.24) is 9.97 Å². The number of ether oxygens (including phenoxy) is 2. The van der Waals surface area contributed by atoms with Crippen LogP contribution >= 0.6 is 0 Å². The van der Waals surface area contributed by atoms with Crippen LogP contribution in [0.15, 0.2) is 30.3 Å². The molecule has 1 aliphatic rings. The Morgan fingerprint density at radius 2 is 2.04 bits per heavy atom. The molecule has 0 radical (unpaired) electrons. The Balaban J connectivity index is 1.73. The summed E-state index contributed by atoms with van der Waals surface area (Å²) < 4.78 is 24.4. The fraction of sp³-hybridized carbons (Fsp3) is 0.444. The Morgan fingerprint density at radius 3 is 2.76 bits per heavy atom. The molecule has 2 heterocycles. The molecule has 1 N–H and O–H groups in total. The average Bonchev–Trinajstić information content (AvgIpc) is 2.75. The number of halogens is 1. The molecule has 0 aliphatic carbocycles. The molecule has 134 valence electrons. The summed E-state index contributed by atoms with van der Waals surface area (Å²) in [4.78, 5) is 10.8. The van der Waals surface area contributed by atoms with Crippen LogP contribution in [0, 0.1) is 19.7 Å². The van der Waals surface area contributed by atoms with Crippen LogP contribution in [-0.4, -0.2) is 53.6 Å². The van der Waals surface area contributed by atoms with Crippen LogP contribution in [0.25, 0.3) is 0 Å². The van der Waals surface area contributed by atoms with E-state index in [2.05, 4.69) is 9.97 Å². The second kappa shape index (κ2) is 7.33. The van der Waals surface area contributed by atoms with E-state index in [1.54, 1.807) is 12.1 Å². The van der Waals surface area contributed by atoms with Gasteiger partial charge in [0.15, 0.2) is 0 Å². The standard InChI is InChI=1S/C18H22FN3O3/c1-13-8-14(2)21-17(20-13)22-6-7-24-11-18(23,10-22)12-25-16-5-3-4-15(19)9-16/h3-5,8-9,23H,6-7,10-12H2,1-2H3. The maximum absolute atomic E-state index is 13.3. The topological polar surface area (TPSA) is 67.7 Å². The maximum atomic E-state index is 13.3. The minimum Gasteiger partial charge on any atom is -0.490 e. The molecular weight excluding hydrogens is 325 g/mol. The summed E-state index contributed by atoms with van der Waals surface area (Å²) in [5.41, 5.74) is 0.489. The van der Waals surface area contributed by atoms with E-state index in [4.69, 9.17) is 9.47 Å². The minimum atomic E-state index is -1.25. The summed E-state index contributed by atoms with van der Waals surface area (Å²) in [6, 6.07) is 7.74. The fourth-order valence-electron chi connectivity index (χ4n) is 2.80. The Hall–Kier alpha value is -2.25. The monoisotopic (exact) mass is 347 g/mol. The van der Waals surface area contributed by atoms with Gasteiger partial charge in [-0.1, -0.05) is 6.07 Å². The molecule has 1 fully saturated rings. The SMILES string of the molecule is Cc1cc(C)nc(N2CCOCC(O)(COc3cccc(F)c3)C2)n1. The van der Waals surface area contributed by atoms with Crippen LogP contribution < -0.4 is 9.64 Å². The molecule has 25 heavy (non-hydrogen) atoms. The van der Waals surface area contributed by atoms with Crippen molar-refractivity contribution in [2.24, 2.45) is 0 Å². The zero-order valence-electron chi connectivity index (χ0n) is 14.4. The molecule has 0 saturated carbocycles. The lowest BCUT2D eigenvalue weighted by Gasteiger charge is -2.30. The molecule has 1 saturated heterocycles. The summed E-state index contributed by atoms with van der Waals surface area (Å²) in [5.74, 6) is 0.547.